The molecule has 0 spiro atoms. The van der Waals surface area contributed by atoms with Crippen LogP contribution in [0.2, 0.25) is 0 Å². The summed E-state index contributed by atoms with van der Waals surface area (Å²) in [6.45, 7) is 0.970. The number of aromatic amines is 1. The van der Waals surface area contributed by atoms with Gasteiger partial charge in [-0.15, -0.1) is 0 Å². The number of rotatable bonds is 5. The summed E-state index contributed by atoms with van der Waals surface area (Å²) < 4.78 is 0. The van der Waals surface area contributed by atoms with E-state index in [4.69, 9.17) is 0 Å². The van der Waals surface area contributed by atoms with Crippen LogP contribution in [0.5, 0.6) is 0 Å². The Morgan fingerprint density at radius 2 is 2.12 bits per heavy atom. The summed E-state index contributed by atoms with van der Waals surface area (Å²) in [5, 5.41) is 11.0. The molecular weight excluding hydrogens is 232 g/mol. The zero-order valence-corrected chi connectivity index (χ0v) is 10.2. The molecule has 1 aromatic carbocycles. The van der Waals surface area contributed by atoms with E-state index in [-0.39, 0.29) is 0 Å². The lowest BCUT2D eigenvalue weighted by atomic mass is 10.2. The van der Waals surface area contributed by atoms with Crippen LogP contribution in [-0.2, 0) is 6.54 Å². The van der Waals surface area contributed by atoms with Gasteiger partial charge in [0.25, 0.3) is 0 Å². The minimum atomic E-state index is 0.762. The lowest BCUT2D eigenvalue weighted by molar-refractivity contribution is 0.687. The van der Waals surface area contributed by atoms with Gasteiger partial charge in [0.05, 0.1) is 0 Å². The quantitative estimate of drug-likeness (QED) is 0.849. The Kier molecular flexibility index (Phi) is 3.11. The van der Waals surface area contributed by atoms with E-state index in [1.54, 1.807) is 11.8 Å². The van der Waals surface area contributed by atoms with Gasteiger partial charge < -0.3 is 5.32 Å². The van der Waals surface area contributed by atoms with Crippen LogP contribution in [0, 0.1) is 0 Å². The number of hydrogen-bond acceptors (Lipinski definition) is 4. The standard InChI is InChI=1S/C12H14N4S/c1-5-11(17-12-14-8-15-16-12)6-2-9(1)7-13-10-3-4-10/h1-2,5-6,8,10,13H,3-4,7H2,(H,14,15,16). The number of nitrogens with zero attached hydrogens (tertiary/aromatic N) is 2. The zero-order valence-electron chi connectivity index (χ0n) is 9.39. The zero-order chi connectivity index (χ0) is 11.5. The van der Waals surface area contributed by atoms with Crippen LogP contribution in [0.25, 0.3) is 0 Å². The lowest BCUT2D eigenvalue weighted by Crippen LogP contribution is -2.14. The van der Waals surface area contributed by atoms with Crippen molar-refractivity contribution in [1.29, 1.82) is 0 Å². The molecule has 3 rings (SSSR count). The van der Waals surface area contributed by atoms with Crippen molar-refractivity contribution in [3.63, 3.8) is 0 Å². The summed E-state index contributed by atoms with van der Waals surface area (Å²) in [5.41, 5.74) is 1.33. The predicted molar refractivity (Wildman–Crippen MR) is 66.8 cm³/mol. The highest BCUT2D eigenvalue weighted by atomic mass is 32.2. The van der Waals surface area contributed by atoms with Crippen LogP contribution >= 0.6 is 11.8 Å². The van der Waals surface area contributed by atoms with Gasteiger partial charge in [-0.2, -0.15) is 5.10 Å². The molecule has 1 aliphatic carbocycles. The van der Waals surface area contributed by atoms with Crippen LogP contribution in [0.4, 0.5) is 0 Å². The summed E-state index contributed by atoms with van der Waals surface area (Å²) in [6.07, 6.45) is 4.19. The molecule has 0 aliphatic heterocycles. The highest BCUT2D eigenvalue weighted by molar-refractivity contribution is 7.99. The second-order valence-corrected chi connectivity index (χ2v) is 5.25. The van der Waals surface area contributed by atoms with Crippen molar-refractivity contribution in [2.75, 3.05) is 0 Å². The average molecular weight is 246 g/mol. The summed E-state index contributed by atoms with van der Waals surface area (Å²) in [5.74, 6) is 0. The predicted octanol–water partition coefficient (Wildman–Crippen LogP) is 2.21. The molecule has 0 radical (unpaired) electrons. The summed E-state index contributed by atoms with van der Waals surface area (Å²) in [4.78, 5) is 5.26. The molecule has 4 nitrogen and oxygen atoms in total. The first kappa shape index (κ1) is 10.8. The smallest absolute Gasteiger partial charge is 0.188 e. The van der Waals surface area contributed by atoms with Crippen LogP contribution in [0.3, 0.4) is 0 Å². The van der Waals surface area contributed by atoms with Crippen molar-refractivity contribution in [2.45, 2.75) is 35.5 Å². The minimum absolute atomic E-state index is 0.762. The van der Waals surface area contributed by atoms with Crippen LogP contribution in [-0.4, -0.2) is 21.2 Å². The molecule has 0 saturated heterocycles. The highest BCUT2D eigenvalue weighted by Gasteiger charge is 2.19. The number of aromatic nitrogens is 3. The molecule has 0 atom stereocenters. The van der Waals surface area contributed by atoms with Crippen molar-refractivity contribution < 1.29 is 0 Å². The fourth-order valence-corrected chi connectivity index (χ4v) is 2.27. The molecule has 1 aliphatic rings. The van der Waals surface area contributed by atoms with Gasteiger partial charge in [-0.25, -0.2) is 4.98 Å². The second kappa shape index (κ2) is 4.89. The molecule has 0 bridgehead atoms. The van der Waals surface area contributed by atoms with E-state index >= 15 is 0 Å². The van der Waals surface area contributed by atoms with Gasteiger partial charge in [0.2, 0.25) is 0 Å². The van der Waals surface area contributed by atoms with E-state index in [1.165, 1.54) is 29.6 Å². The SMILES string of the molecule is c1n[nH]c(Sc2ccc(CNC3CC3)cc2)n1. The van der Waals surface area contributed by atoms with Crippen LogP contribution in [0.1, 0.15) is 18.4 Å². The van der Waals surface area contributed by atoms with Gasteiger partial charge >= 0.3 is 0 Å². The van der Waals surface area contributed by atoms with E-state index in [9.17, 15) is 0 Å². The van der Waals surface area contributed by atoms with Crippen molar-refractivity contribution in [3.05, 3.63) is 36.2 Å². The largest absolute Gasteiger partial charge is 0.310 e. The van der Waals surface area contributed by atoms with Gasteiger partial charge in [-0.05, 0) is 30.5 Å². The first-order valence-corrected chi connectivity index (χ1v) is 6.57. The van der Waals surface area contributed by atoms with Crippen molar-refractivity contribution in [1.82, 2.24) is 20.5 Å². The van der Waals surface area contributed by atoms with Crippen LogP contribution < -0.4 is 5.32 Å². The maximum Gasteiger partial charge on any atom is 0.188 e. The van der Waals surface area contributed by atoms with Gasteiger partial charge in [-0.3, -0.25) is 5.10 Å². The lowest BCUT2D eigenvalue weighted by Gasteiger charge is -2.04. The Hall–Kier alpha value is -1.33. The molecule has 2 aromatic rings. The molecular formula is C12H14N4S. The summed E-state index contributed by atoms with van der Waals surface area (Å²) in [7, 11) is 0. The Morgan fingerprint density at radius 1 is 1.29 bits per heavy atom. The molecule has 1 aromatic heterocycles. The second-order valence-electron chi connectivity index (χ2n) is 4.19. The molecule has 2 N–H and O–H groups in total. The third kappa shape index (κ3) is 3.08. The molecule has 1 heterocycles. The van der Waals surface area contributed by atoms with E-state index < -0.39 is 0 Å². The van der Waals surface area contributed by atoms with Crippen LogP contribution in [0.15, 0.2) is 40.6 Å². The minimum Gasteiger partial charge on any atom is -0.310 e. The maximum absolute atomic E-state index is 4.09. The number of benzene rings is 1. The molecule has 1 fully saturated rings. The Bertz CT molecular complexity index is 462. The van der Waals surface area contributed by atoms with Crippen molar-refractivity contribution in [3.8, 4) is 0 Å². The Labute approximate surface area is 104 Å². The molecule has 88 valence electrons. The molecule has 0 amide bonds. The summed E-state index contributed by atoms with van der Waals surface area (Å²) in [6, 6.07) is 9.33. The van der Waals surface area contributed by atoms with Gasteiger partial charge in [0, 0.05) is 17.5 Å². The van der Waals surface area contributed by atoms with Gasteiger partial charge in [-0.1, -0.05) is 23.9 Å². The fourth-order valence-electron chi connectivity index (χ4n) is 1.58. The first-order chi connectivity index (χ1) is 8.40. The fraction of sp³-hybridized carbons (Fsp3) is 0.333. The Balaban J connectivity index is 1.58. The molecule has 1 saturated carbocycles. The van der Waals surface area contributed by atoms with Gasteiger partial charge in [0.1, 0.15) is 6.33 Å². The van der Waals surface area contributed by atoms with E-state index in [1.807, 2.05) is 0 Å². The monoisotopic (exact) mass is 246 g/mol. The first-order valence-electron chi connectivity index (χ1n) is 5.76. The van der Waals surface area contributed by atoms with E-state index in [0.29, 0.717) is 0 Å². The van der Waals surface area contributed by atoms with Gasteiger partial charge in [0.15, 0.2) is 5.16 Å². The number of hydrogen-bond donors (Lipinski definition) is 2. The summed E-state index contributed by atoms with van der Waals surface area (Å²) >= 11 is 1.59. The third-order valence-corrected chi connectivity index (χ3v) is 3.60. The molecule has 5 heteroatoms. The normalized spacial score (nSPS) is 15.1. The highest BCUT2D eigenvalue weighted by Crippen LogP contribution is 2.24. The van der Waals surface area contributed by atoms with Crippen molar-refractivity contribution in [2.24, 2.45) is 0 Å². The van der Waals surface area contributed by atoms with E-state index in [0.717, 1.165) is 17.7 Å². The van der Waals surface area contributed by atoms with E-state index in [2.05, 4.69) is 44.8 Å². The average Bonchev–Trinajstić information content (AvgIpc) is 3.05. The topological polar surface area (TPSA) is 53.6 Å². The number of nitrogens with one attached hydrogen (secondary N) is 2. The number of H-pyrrole nitrogens is 1. The maximum atomic E-state index is 4.09. The Morgan fingerprint density at radius 3 is 2.76 bits per heavy atom. The molecule has 17 heavy (non-hydrogen) atoms. The molecule has 0 unspecified atom stereocenters. The third-order valence-electron chi connectivity index (χ3n) is 2.70. The van der Waals surface area contributed by atoms with Crippen molar-refractivity contribution >= 4 is 11.8 Å².